The Balaban J connectivity index is 0. The second kappa shape index (κ2) is 15.6. The molecule has 0 unspecified atom stereocenters. The van der Waals surface area contributed by atoms with Crippen molar-refractivity contribution in [2.45, 2.75) is 0 Å². The van der Waals surface area contributed by atoms with E-state index in [-0.39, 0.29) is 137 Å². The molecule has 10 radical (unpaired) electrons. The van der Waals surface area contributed by atoms with E-state index in [1.165, 1.54) is 0 Å². The summed E-state index contributed by atoms with van der Waals surface area (Å²) in [6.07, 6.45) is 0. The average Bonchev–Trinajstić information content (AvgIpc) is 0. The second-order valence-electron chi connectivity index (χ2n) is 0. The van der Waals surface area contributed by atoms with Crippen LogP contribution in [0.25, 0.3) is 0 Å². The molecule has 0 rings (SSSR count). The van der Waals surface area contributed by atoms with Gasteiger partial charge in [-0.15, -0.1) is 0 Å². The Bertz CT molecular complexity index is 3.25. The third-order valence-electron chi connectivity index (χ3n) is 0. The SMILES string of the molecule is [Ca].[Ca].[Ca].[Sn]. The maximum atomic E-state index is 0. The van der Waals surface area contributed by atoms with Crippen LogP contribution in [0.2, 0.25) is 0 Å². The fourth-order valence-electron chi connectivity index (χ4n) is 0. The summed E-state index contributed by atoms with van der Waals surface area (Å²) in [4.78, 5) is 0. The monoisotopic (exact) mass is 240 g/mol. The summed E-state index contributed by atoms with van der Waals surface area (Å²) in [5.74, 6) is 0. The molecule has 0 aliphatic heterocycles. The molecular formula is Ca3Sn. The minimum absolute atomic E-state index is 0. The van der Waals surface area contributed by atoms with Crippen molar-refractivity contribution in [2.75, 3.05) is 0 Å². The summed E-state index contributed by atoms with van der Waals surface area (Å²) in [6.45, 7) is 0. The molecular weight excluding hydrogens is 239 g/mol. The van der Waals surface area contributed by atoms with Gasteiger partial charge in [-0.1, -0.05) is 0 Å². The Labute approximate surface area is 133 Å². The van der Waals surface area contributed by atoms with Gasteiger partial charge in [0.25, 0.3) is 0 Å². The summed E-state index contributed by atoms with van der Waals surface area (Å²) >= 11 is 0. The number of rotatable bonds is 0. The van der Waals surface area contributed by atoms with Gasteiger partial charge in [-0.2, -0.15) is 0 Å². The largest absolute Gasteiger partial charge is 0 e. The van der Waals surface area contributed by atoms with Gasteiger partial charge < -0.3 is 0 Å². The van der Waals surface area contributed by atoms with Gasteiger partial charge in [0.2, 0.25) is 0 Å². The summed E-state index contributed by atoms with van der Waals surface area (Å²) in [7, 11) is 0. The maximum absolute atomic E-state index is 0. The van der Waals surface area contributed by atoms with E-state index in [0.717, 1.165) is 0 Å². The van der Waals surface area contributed by atoms with Crippen LogP contribution in [0.4, 0.5) is 0 Å². The van der Waals surface area contributed by atoms with Crippen molar-refractivity contribution in [1.82, 2.24) is 0 Å². The molecule has 10 valence electrons. The minimum atomic E-state index is 0. The van der Waals surface area contributed by atoms with E-state index in [1.54, 1.807) is 0 Å². The van der Waals surface area contributed by atoms with Gasteiger partial charge in [-0.25, -0.2) is 0 Å². The van der Waals surface area contributed by atoms with E-state index < -0.39 is 0 Å². The van der Waals surface area contributed by atoms with Crippen LogP contribution in [0, 0.1) is 0 Å². The van der Waals surface area contributed by atoms with Crippen LogP contribution in [0.5, 0.6) is 0 Å². The third kappa shape index (κ3) is 9.77. The first-order valence-corrected chi connectivity index (χ1v) is 0. The third-order valence-corrected chi connectivity index (χ3v) is 0. The van der Waals surface area contributed by atoms with Crippen molar-refractivity contribution >= 4 is 137 Å². The number of hydrogen-bond donors (Lipinski definition) is 0. The molecule has 0 aromatic heterocycles. The van der Waals surface area contributed by atoms with Crippen LogP contribution < -0.4 is 0 Å². The Morgan fingerprint density at radius 3 is 0.500 bits per heavy atom. The standard InChI is InChI=1S/3Ca.Sn. The van der Waals surface area contributed by atoms with Gasteiger partial charge in [-0.05, 0) is 0 Å². The first kappa shape index (κ1) is 23.5. The zero-order valence-corrected chi connectivity index (χ0v) is 12.1. The molecule has 0 atom stereocenters. The molecule has 0 heterocycles. The van der Waals surface area contributed by atoms with Crippen molar-refractivity contribution in [3.05, 3.63) is 0 Å². The molecule has 0 aromatic carbocycles. The van der Waals surface area contributed by atoms with Crippen molar-refractivity contribution in [1.29, 1.82) is 0 Å². The molecule has 0 nitrogen and oxygen atoms in total. The Morgan fingerprint density at radius 1 is 0.500 bits per heavy atom. The van der Waals surface area contributed by atoms with E-state index >= 15 is 0 Å². The fourth-order valence-corrected chi connectivity index (χ4v) is 0. The average molecular weight is 239 g/mol. The predicted octanol–water partition coefficient (Wildman–Crippen LogP) is -1.52. The van der Waals surface area contributed by atoms with Gasteiger partial charge in [0, 0.05) is 137 Å². The normalized spacial score (nSPS) is 0. The Morgan fingerprint density at radius 2 is 0.500 bits per heavy atom. The minimum Gasteiger partial charge on any atom is 0 e. The van der Waals surface area contributed by atoms with Crippen LogP contribution >= 0.6 is 0 Å². The van der Waals surface area contributed by atoms with Gasteiger partial charge in [0.1, 0.15) is 0 Å². The molecule has 0 spiro atoms. The summed E-state index contributed by atoms with van der Waals surface area (Å²) < 4.78 is 0. The topological polar surface area (TPSA) is 0 Å². The van der Waals surface area contributed by atoms with Gasteiger partial charge >= 0.3 is 0 Å². The van der Waals surface area contributed by atoms with Crippen molar-refractivity contribution in [3.8, 4) is 0 Å². The van der Waals surface area contributed by atoms with Crippen LogP contribution in [-0.2, 0) is 0 Å². The van der Waals surface area contributed by atoms with E-state index in [4.69, 9.17) is 0 Å². The quantitative estimate of drug-likeness (QED) is 0.450. The molecule has 0 aromatic rings. The van der Waals surface area contributed by atoms with Crippen molar-refractivity contribution in [2.24, 2.45) is 0 Å². The molecule has 0 bridgehead atoms. The molecule has 4 heavy (non-hydrogen) atoms. The van der Waals surface area contributed by atoms with Gasteiger partial charge in [0.05, 0.1) is 0 Å². The van der Waals surface area contributed by atoms with Gasteiger partial charge in [0.15, 0.2) is 0 Å². The molecule has 0 amide bonds. The molecule has 4 heteroatoms. The second-order valence-corrected chi connectivity index (χ2v) is 0. The molecule has 0 fully saturated rings. The van der Waals surface area contributed by atoms with Crippen LogP contribution in [0.1, 0.15) is 0 Å². The van der Waals surface area contributed by atoms with E-state index in [9.17, 15) is 0 Å². The Hall–Kier alpha value is 4.58. The summed E-state index contributed by atoms with van der Waals surface area (Å²) in [5, 5.41) is 0. The van der Waals surface area contributed by atoms with E-state index in [1.807, 2.05) is 0 Å². The zero-order chi connectivity index (χ0) is 0. The Kier molecular flexibility index (Phi) is 91.9. The molecule has 0 aliphatic rings. The molecule has 0 saturated carbocycles. The smallest absolute Gasteiger partial charge is 0 e. The van der Waals surface area contributed by atoms with E-state index in [2.05, 4.69) is 0 Å². The van der Waals surface area contributed by atoms with E-state index in [0.29, 0.717) is 0 Å². The molecule has 0 N–H and O–H groups in total. The first-order valence-electron chi connectivity index (χ1n) is 0. The first-order chi connectivity index (χ1) is 0. The molecule has 0 saturated heterocycles. The summed E-state index contributed by atoms with van der Waals surface area (Å²) in [6, 6.07) is 0. The zero-order valence-electron chi connectivity index (χ0n) is 2.62. The van der Waals surface area contributed by atoms with Crippen molar-refractivity contribution in [3.63, 3.8) is 0 Å². The predicted molar refractivity (Wildman–Crippen MR) is 23.0 cm³/mol. The van der Waals surface area contributed by atoms with Crippen LogP contribution in [0.15, 0.2) is 0 Å². The van der Waals surface area contributed by atoms with Gasteiger partial charge in [-0.3, -0.25) is 0 Å². The summed E-state index contributed by atoms with van der Waals surface area (Å²) in [5.41, 5.74) is 0. The van der Waals surface area contributed by atoms with Crippen LogP contribution in [0.3, 0.4) is 0 Å². The van der Waals surface area contributed by atoms with Crippen molar-refractivity contribution < 1.29 is 0 Å². The van der Waals surface area contributed by atoms with Crippen LogP contribution in [-0.4, -0.2) is 137 Å². The maximum Gasteiger partial charge on any atom is 0 e. The molecule has 0 aliphatic carbocycles. The fraction of sp³-hybridized carbons (Fsp3) is 0. The number of hydrogen-bond acceptors (Lipinski definition) is 0.